The quantitative estimate of drug-likeness (QED) is 0.486. The van der Waals surface area contributed by atoms with Crippen molar-refractivity contribution in [2.24, 2.45) is 0 Å². The maximum absolute atomic E-state index is 12.2. The third-order valence-corrected chi connectivity index (χ3v) is 3.98. The summed E-state index contributed by atoms with van der Waals surface area (Å²) in [4.78, 5) is 24.1. The molecule has 0 spiro atoms. The average Bonchev–Trinajstić information content (AvgIpc) is 2.59. The topological polar surface area (TPSA) is 55.4 Å². The van der Waals surface area contributed by atoms with Crippen LogP contribution in [-0.4, -0.2) is 24.5 Å². The number of rotatable bonds is 11. The summed E-state index contributed by atoms with van der Waals surface area (Å²) in [6, 6.07) is 6.93. The Morgan fingerprint density at radius 1 is 1.00 bits per heavy atom. The van der Waals surface area contributed by atoms with E-state index in [1.165, 1.54) is 5.56 Å². The fourth-order valence-corrected chi connectivity index (χ4v) is 2.37. The smallest absolute Gasteiger partial charge is 0.328 e. The number of esters is 1. The summed E-state index contributed by atoms with van der Waals surface area (Å²) in [7, 11) is 0. The zero-order valence-corrected chi connectivity index (χ0v) is 15.3. The van der Waals surface area contributed by atoms with Crippen LogP contribution in [0.1, 0.15) is 75.2 Å². The lowest BCUT2D eigenvalue weighted by Crippen LogP contribution is -2.39. The van der Waals surface area contributed by atoms with Crippen LogP contribution in [0.3, 0.4) is 0 Å². The van der Waals surface area contributed by atoms with Gasteiger partial charge in [-0.15, -0.1) is 0 Å². The van der Waals surface area contributed by atoms with Gasteiger partial charge in [0.05, 0.1) is 6.61 Å². The molecular weight excluding hydrogens is 302 g/mol. The molecule has 1 aromatic carbocycles. The number of carbonyl (C=O) groups excluding carboxylic acids is 2. The zero-order chi connectivity index (χ0) is 17.8. The Morgan fingerprint density at radius 2 is 1.67 bits per heavy atom. The van der Waals surface area contributed by atoms with Crippen LogP contribution in [0.25, 0.3) is 0 Å². The summed E-state index contributed by atoms with van der Waals surface area (Å²) in [5.41, 5.74) is 1.80. The number of amides is 1. The Bertz CT molecular complexity index is 496. The van der Waals surface area contributed by atoms with Crippen LogP contribution >= 0.6 is 0 Å². The Balaban J connectivity index is 2.38. The van der Waals surface area contributed by atoms with Gasteiger partial charge in [-0.25, -0.2) is 4.79 Å². The van der Waals surface area contributed by atoms with Crippen molar-refractivity contribution in [1.29, 1.82) is 0 Å². The molecule has 1 aromatic rings. The summed E-state index contributed by atoms with van der Waals surface area (Å²) in [6.07, 6.45) is 7.57. The van der Waals surface area contributed by atoms with Crippen LogP contribution in [0, 0.1) is 0 Å². The van der Waals surface area contributed by atoms with Gasteiger partial charge in [0, 0.05) is 5.56 Å². The highest BCUT2D eigenvalue weighted by Gasteiger charge is 2.17. The van der Waals surface area contributed by atoms with Gasteiger partial charge in [-0.2, -0.15) is 0 Å². The molecule has 134 valence electrons. The van der Waals surface area contributed by atoms with Gasteiger partial charge in [-0.3, -0.25) is 4.79 Å². The van der Waals surface area contributed by atoms with E-state index in [4.69, 9.17) is 4.74 Å². The molecule has 0 aliphatic rings. The minimum atomic E-state index is -0.636. The van der Waals surface area contributed by atoms with Crippen molar-refractivity contribution in [2.75, 3.05) is 6.61 Å². The number of unbranched alkanes of at least 4 members (excludes halogenated alkanes) is 4. The molecule has 0 heterocycles. The highest BCUT2D eigenvalue weighted by molar-refractivity contribution is 5.96. The van der Waals surface area contributed by atoms with Crippen LogP contribution in [-0.2, 0) is 16.0 Å². The van der Waals surface area contributed by atoms with Crippen molar-refractivity contribution in [3.8, 4) is 0 Å². The first-order valence-corrected chi connectivity index (χ1v) is 9.14. The monoisotopic (exact) mass is 333 g/mol. The molecule has 1 amide bonds. The third kappa shape index (κ3) is 7.62. The fraction of sp³-hybridized carbons (Fsp3) is 0.600. The molecule has 0 radical (unpaired) electrons. The second-order valence-corrected chi connectivity index (χ2v) is 6.22. The van der Waals surface area contributed by atoms with E-state index in [1.807, 2.05) is 24.3 Å². The maximum atomic E-state index is 12.2. The first-order valence-electron chi connectivity index (χ1n) is 9.14. The zero-order valence-electron chi connectivity index (χ0n) is 15.3. The second-order valence-electron chi connectivity index (χ2n) is 6.22. The van der Waals surface area contributed by atoms with E-state index in [-0.39, 0.29) is 11.9 Å². The minimum Gasteiger partial charge on any atom is -0.464 e. The van der Waals surface area contributed by atoms with Crippen molar-refractivity contribution in [2.45, 2.75) is 71.8 Å². The van der Waals surface area contributed by atoms with Crippen molar-refractivity contribution in [3.05, 3.63) is 35.4 Å². The highest BCUT2D eigenvalue weighted by atomic mass is 16.5. The summed E-state index contributed by atoms with van der Waals surface area (Å²) in [5, 5.41) is 2.70. The molecular formula is C20H31NO3. The molecule has 0 saturated carbocycles. The summed E-state index contributed by atoms with van der Waals surface area (Å²) < 4.78 is 5.20. The molecule has 1 rings (SSSR count). The molecule has 0 aliphatic heterocycles. The molecule has 1 atom stereocenters. The van der Waals surface area contributed by atoms with Crippen LogP contribution < -0.4 is 5.32 Å². The van der Waals surface area contributed by atoms with Gasteiger partial charge >= 0.3 is 5.97 Å². The van der Waals surface area contributed by atoms with E-state index in [0.29, 0.717) is 12.2 Å². The molecule has 4 heteroatoms. The molecule has 0 aromatic heterocycles. The van der Waals surface area contributed by atoms with Crippen molar-refractivity contribution < 1.29 is 14.3 Å². The van der Waals surface area contributed by atoms with Crippen molar-refractivity contribution in [1.82, 2.24) is 5.32 Å². The molecule has 1 unspecified atom stereocenters. The Labute approximate surface area is 146 Å². The third-order valence-electron chi connectivity index (χ3n) is 3.98. The number of aryl methyl sites for hydroxylation is 1. The van der Waals surface area contributed by atoms with Crippen molar-refractivity contribution >= 4 is 11.9 Å². The summed E-state index contributed by atoms with van der Waals surface area (Å²) >= 11 is 0. The SMILES string of the molecule is CCCCCCOC(=O)C(C)NC(=O)c1ccc(CCCC)cc1. The summed E-state index contributed by atoms with van der Waals surface area (Å²) in [5.74, 6) is -0.619. The van der Waals surface area contributed by atoms with Crippen molar-refractivity contribution in [3.63, 3.8) is 0 Å². The average molecular weight is 333 g/mol. The maximum Gasteiger partial charge on any atom is 0.328 e. The van der Waals surface area contributed by atoms with E-state index < -0.39 is 6.04 Å². The lowest BCUT2D eigenvalue weighted by molar-refractivity contribution is -0.145. The Hall–Kier alpha value is -1.84. The predicted octanol–water partition coefficient (Wildman–Crippen LogP) is 4.27. The van der Waals surface area contributed by atoms with Crippen LogP contribution in [0.15, 0.2) is 24.3 Å². The van der Waals surface area contributed by atoms with Gasteiger partial charge in [0.1, 0.15) is 6.04 Å². The number of hydrogen-bond acceptors (Lipinski definition) is 3. The van der Waals surface area contributed by atoms with Crippen LogP contribution in [0.5, 0.6) is 0 Å². The number of carbonyl (C=O) groups is 2. The second kappa shape index (κ2) is 11.7. The normalized spacial score (nSPS) is 11.8. The van der Waals surface area contributed by atoms with E-state index >= 15 is 0 Å². The Kier molecular flexibility index (Phi) is 9.81. The van der Waals surface area contributed by atoms with Gasteiger partial charge in [-0.05, 0) is 43.9 Å². The van der Waals surface area contributed by atoms with Gasteiger partial charge in [0.2, 0.25) is 0 Å². The molecule has 0 saturated heterocycles. The molecule has 0 fully saturated rings. The predicted molar refractivity (Wildman–Crippen MR) is 97.1 cm³/mol. The van der Waals surface area contributed by atoms with Gasteiger partial charge in [0.15, 0.2) is 0 Å². The van der Waals surface area contributed by atoms with Gasteiger partial charge in [-0.1, -0.05) is 51.7 Å². The van der Waals surface area contributed by atoms with E-state index in [1.54, 1.807) is 6.92 Å². The lowest BCUT2D eigenvalue weighted by Gasteiger charge is -2.13. The number of hydrogen-bond donors (Lipinski definition) is 1. The first kappa shape index (κ1) is 20.2. The minimum absolute atomic E-state index is 0.243. The van der Waals surface area contributed by atoms with E-state index in [2.05, 4.69) is 19.2 Å². The van der Waals surface area contributed by atoms with Crippen LogP contribution in [0.4, 0.5) is 0 Å². The van der Waals surface area contributed by atoms with Gasteiger partial charge in [0.25, 0.3) is 5.91 Å². The molecule has 1 N–H and O–H groups in total. The molecule has 24 heavy (non-hydrogen) atoms. The largest absolute Gasteiger partial charge is 0.464 e. The van der Waals surface area contributed by atoms with Gasteiger partial charge < -0.3 is 10.1 Å². The molecule has 0 bridgehead atoms. The number of nitrogens with one attached hydrogen (secondary N) is 1. The lowest BCUT2D eigenvalue weighted by atomic mass is 10.1. The number of benzene rings is 1. The molecule has 0 aliphatic carbocycles. The highest BCUT2D eigenvalue weighted by Crippen LogP contribution is 2.08. The standard InChI is InChI=1S/C20H31NO3/c1-4-6-8-9-15-24-20(23)16(3)21-19(22)18-13-11-17(12-14-18)10-7-5-2/h11-14,16H,4-10,15H2,1-3H3,(H,21,22). The van der Waals surface area contributed by atoms with Crippen LogP contribution in [0.2, 0.25) is 0 Å². The van der Waals surface area contributed by atoms with E-state index in [0.717, 1.165) is 44.9 Å². The first-order chi connectivity index (χ1) is 11.6. The van der Waals surface area contributed by atoms with E-state index in [9.17, 15) is 9.59 Å². The Morgan fingerprint density at radius 3 is 2.29 bits per heavy atom. The molecule has 4 nitrogen and oxygen atoms in total. The number of ether oxygens (including phenoxy) is 1. The summed E-state index contributed by atoms with van der Waals surface area (Å²) in [6.45, 7) is 6.37. The fourth-order valence-electron chi connectivity index (χ4n) is 2.37.